The molecule has 0 heterocycles. The van der Waals surface area contributed by atoms with Crippen LogP contribution in [0.15, 0.2) is 0 Å². The van der Waals surface area contributed by atoms with Gasteiger partial charge in [0, 0.05) is 32.2 Å². The van der Waals surface area contributed by atoms with Gasteiger partial charge in [-0.1, -0.05) is 6.92 Å². The van der Waals surface area contributed by atoms with Crippen LogP contribution in [0.25, 0.3) is 0 Å². The summed E-state index contributed by atoms with van der Waals surface area (Å²) in [5, 5.41) is 11.7. The van der Waals surface area contributed by atoms with E-state index < -0.39 is 0 Å². The monoisotopic (exact) mass is 214 g/mol. The van der Waals surface area contributed by atoms with Crippen molar-refractivity contribution in [1.29, 1.82) is 0 Å². The lowest BCUT2D eigenvalue weighted by atomic mass is 10.3. The highest BCUT2D eigenvalue weighted by molar-refractivity contribution is 5.76. The van der Waals surface area contributed by atoms with Crippen molar-refractivity contribution in [2.24, 2.45) is 0 Å². The first kappa shape index (κ1) is 12.5. The van der Waals surface area contributed by atoms with Gasteiger partial charge in [0.15, 0.2) is 0 Å². The number of nitrogens with one attached hydrogen (secondary N) is 1. The maximum absolute atomic E-state index is 11.4. The molecule has 0 radical (unpaired) electrons. The zero-order chi connectivity index (χ0) is 11.1. The summed E-state index contributed by atoms with van der Waals surface area (Å²) in [6.45, 7) is 4.93. The second kappa shape index (κ2) is 6.80. The highest BCUT2D eigenvalue weighted by Gasteiger charge is 2.22. The molecule has 88 valence electrons. The van der Waals surface area contributed by atoms with Gasteiger partial charge in [-0.15, -0.1) is 0 Å². The molecule has 0 atom stereocenters. The molecule has 0 aliphatic heterocycles. The standard InChI is InChI=1S/C11H22N2O2/c1-2-13(7-3-9-14)8-6-11(15)12-10-4-5-10/h10,14H,2-9H2,1H3,(H,12,15). The smallest absolute Gasteiger partial charge is 0.221 e. The van der Waals surface area contributed by atoms with E-state index in [2.05, 4.69) is 17.1 Å². The summed E-state index contributed by atoms with van der Waals surface area (Å²) < 4.78 is 0. The van der Waals surface area contributed by atoms with Gasteiger partial charge in [0.25, 0.3) is 0 Å². The summed E-state index contributed by atoms with van der Waals surface area (Å²) in [7, 11) is 0. The van der Waals surface area contributed by atoms with Crippen LogP contribution in [0.2, 0.25) is 0 Å². The minimum absolute atomic E-state index is 0.167. The zero-order valence-corrected chi connectivity index (χ0v) is 9.54. The highest BCUT2D eigenvalue weighted by Crippen LogP contribution is 2.18. The molecule has 0 unspecified atom stereocenters. The molecule has 0 aromatic heterocycles. The number of carbonyl (C=O) groups excluding carboxylic acids is 1. The Bertz CT molecular complexity index is 193. The molecule has 4 nitrogen and oxygen atoms in total. The van der Waals surface area contributed by atoms with Gasteiger partial charge in [-0.25, -0.2) is 0 Å². The lowest BCUT2D eigenvalue weighted by molar-refractivity contribution is -0.121. The van der Waals surface area contributed by atoms with Crippen molar-refractivity contribution in [3.8, 4) is 0 Å². The van der Waals surface area contributed by atoms with E-state index in [-0.39, 0.29) is 12.5 Å². The molecule has 1 rings (SSSR count). The van der Waals surface area contributed by atoms with Gasteiger partial charge >= 0.3 is 0 Å². The lowest BCUT2D eigenvalue weighted by Gasteiger charge is -2.19. The maximum Gasteiger partial charge on any atom is 0.221 e. The summed E-state index contributed by atoms with van der Waals surface area (Å²) in [5.74, 6) is 0.167. The summed E-state index contributed by atoms with van der Waals surface area (Å²) >= 11 is 0. The van der Waals surface area contributed by atoms with Crippen molar-refractivity contribution >= 4 is 5.91 Å². The number of hydrogen-bond acceptors (Lipinski definition) is 3. The Hall–Kier alpha value is -0.610. The van der Waals surface area contributed by atoms with Crippen molar-refractivity contribution in [2.75, 3.05) is 26.2 Å². The van der Waals surface area contributed by atoms with Gasteiger partial charge in [0.1, 0.15) is 0 Å². The predicted octanol–water partition coefficient (Wildman–Crippen LogP) is 0.359. The van der Waals surface area contributed by atoms with Crippen LogP contribution in [0.5, 0.6) is 0 Å². The number of amides is 1. The molecule has 2 N–H and O–H groups in total. The average Bonchev–Trinajstić information content (AvgIpc) is 3.02. The van der Waals surface area contributed by atoms with E-state index in [9.17, 15) is 4.79 Å². The SMILES string of the molecule is CCN(CCCO)CCC(=O)NC1CC1. The second-order valence-corrected chi connectivity index (χ2v) is 4.10. The number of nitrogens with zero attached hydrogens (tertiary/aromatic N) is 1. The van der Waals surface area contributed by atoms with Crippen LogP contribution in [0, 0.1) is 0 Å². The molecule has 15 heavy (non-hydrogen) atoms. The largest absolute Gasteiger partial charge is 0.396 e. The zero-order valence-electron chi connectivity index (χ0n) is 9.54. The number of aliphatic hydroxyl groups is 1. The van der Waals surface area contributed by atoms with Crippen molar-refractivity contribution in [3.05, 3.63) is 0 Å². The van der Waals surface area contributed by atoms with E-state index in [1.165, 1.54) is 0 Å². The quantitative estimate of drug-likeness (QED) is 0.613. The van der Waals surface area contributed by atoms with Gasteiger partial charge in [-0.05, 0) is 25.8 Å². The number of aliphatic hydroxyl groups excluding tert-OH is 1. The van der Waals surface area contributed by atoms with Crippen molar-refractivity contribution in [2.45, 2.75) is 38.6 Å². The van der Waals surface area contributed by atoms with Crippen molar-refractivity contribution in [3.63, 3.8) is 0 Å². The summed E-state index contributed by atoms with van der Waals surface area (Å²) in [5.41, 5.74) is 0. The lowest BCUT2D eigenvalue weighted by Crippen LogP contribution is -2.32. The van der Waals surface area contributed by atoms with Gasteiger partial charge in [0.05, 0.1) is 0 Å². The molecular weight excluding hydrogens is 192 g/mol. The van der Waals surface area contributed by atoms with Crippen LogP contribution in [0.4, 0.5) is 0 Å². The van der Waals surface area contributed by atoms with Gasteiger partial charge in [-0.3, -0.25) is 4.79 Å². The third-order valence-electron chi connectivity index (χ3n) is 2.68. The Kier molecular flexibility index (Phi) is 5.65. The topological polar surface area (TPSA) is 52.6 Å². The van der Waals surface area contributed by atoms with Crippen LogP contribution in [-0.4, -0.2) is 48.2 Å². The molecule has 0 saturated heterocycles. The molecule has 1 aliphatic carbocycles. The van der Waals surface area contributed by atoms with Crippen LogP contribution < -0.4 is 5.32 Å². The molecule has 1 saturated carbocycles. The van der Waals surface area contributed by atoms with E-state index in [1.54, 1.807) is 0 Å². The summed E-state index contributed by atoms with van der Waals surface area (Å²) in [4.78, 5) is 13.6. The molecule has 4 heteroatoms. The van der Waals surface area contributed by atoms with E-state index in [0.29, 0.717) is 12.5 Å². The Morgan fingerprint density at radius 1 is 1.47 bits per heavy atom. The minimum atomic E-state index is 0.167. The van der Waals surface area contributed by atoms with Gasteiger partial charge in [-0.2, -0.15) is 0 Å². The number of carbonyl (C=O) groups is 1. The van der Waals surface area contributed by atoms with Gasteiger partial charge in [0.2, 0.25) is 5.91 Å². The van der Waals surface area contributed by atoms with Gasteiger partial charge < -0.3 is 15.3 Å². The first-order valence-electron chi connectivity index (χ1n) is 5.88. The molecule has 0 aromatic rings. The Morgan fingerprint density at radius 2 is 2.20 bits per heavy atom. The molecule has 0 bridgehead atoms. The molecule has 1 aliphatic rings. The fourth-order valence-corrected chi connectivity index (χ4v) is 1.51. The number of rotatable bonds is 8. The molecule has 0 aromatic carbocycles. The fraction of sp³-hybridized carbons (Fsp3) is 0.909. The van der Waals surface area contributed by atoms with E-state index in [0.717, 1.165) is 38.9 Å². The average molecular weight is 214 g/mol. The van der Waals surface area contributed by atoms with Crippen LogP contribution in [0.1, 0.15) is 32.6 Å². The summed E-state index contributed by atoms with van der Waals surface area (Å²) in [6, 6.07) is 0.463. The molecule has 1 fully saturated rings. The van der Waals surface area contributed by atoms with E-state index in [1.807, 2.05) is 0 Å². The molecule has 0 spiro atoms. The molecular formula is C11H22N2O2. The maximum atomic E-state index is 11.4. The van der Waals surface area contributed by atoms with E-state index in [4.69, 9.17) is 5.11 Å². The third kappa shape index (κ3) is 5.74. The first-order valence-corrected chi connectivity index (χ1v) is 5.88. The fourth-order valence-electron chi connectivity index (χ4n) is 1.51. The summed E-state index contributed by atoms with van der Waals surface area (Å²) in [6.07, 6.45) is 3.66. The van der Waals surface area contributed by atoms with Crippen molar-refractivity contribution < 1.29 is 9.90 Å². The second-order valence-electron chi connectivity index (χ2n) is 4.10. The van der Waals surface area contributed by atoms with Crippen LogP contribution in [-0.2, 0) is 4.79 Å². The normalized spacial score (nSPS) is 15.7. The number of hydrogen-bond donors (Lipinski definition) is 2. The van der Waals surface area contributed by atoms with Crippen LogP contribution in [0.3, 0.4) is 0 Å². The predicted molar refractivity (Wildman–Crippen MR) is 59.6 cm³/mol. The Labute approximate surface area is 91.6 Å². The highest BCUT2D eigenvalue weighted by atomic mass is 16.3. The first-order chi connectivity index (χ1) is 7.26. The minimum Gasteiger partial charge on any atom is -0.396 e. The van der Waals surface area contributed by atoms with Crippen molar-refractivity contribution in [1.82, 2.24) is 10.2 Å². The van der Waals surface area contributed by atoms with Crippen LogP contribution >= 0.6 is 0 Å². The van der Waals surface area contributed by atoms with E-state index >= 15 is 0 Å². The molecule has 1 amide bonds. The Morgan fingerprint density at radius 3 is 2.73 bits per heavy atom. The Balaban J connectivity index is 2.06. The third-order valence-corrected chi connectivity index (χ3v) is 2.68.